The maximum absolute atomic E-state index is 10.7. The Balaban J connectivity index is 2.02. The summed E-state index contributed by atoms with van der Waals surface area (Å²) in [5, 5.41) is 10.7. The van der Waals surface area contributed by atoms with E-state index in [-0.39, 0.29) is 11.4 Å². The van der Waals surface area contributed by atoms with Crippen LogP contribution in [0.1, 0.15) is 32.8 Å². The molecule has 2 N–H and O–H groups in total. The van der Waals surface area contributed by atoms with Crippen molar-refractivity contribution in [2.24, 2.45) is 11.3 Å². The number of nitrogens with zero attached hydrogens (tertiary/aromatic N) is 2. The average molecular weight is 277 g/mol. The zero-order valence-electron chi connectivity index (χ0n) is 12.4. The molecule has 0 amide bonds. The second kappa shape index (κ2) is 5.40. The van der Waals surface area contributed by atoms with Gasteiger partial charge in [-0.15, -0.1) is 0 Å². The minimum absolute atomic E-state index is 0.0114. The molecule has 1 aromatic carbocycles. The first-order chi connectivity index (χ1) is 9.27. The maximum atomic E-state index is 10.7. The second-order valence-corrected chi connectivity index (χ2v) is 6.74. The Morgan fingerprint density at radius 3 is 2.65 bits per heavy atom. The highest BCUT2D eigenvalue weighted by molar-refractivity contribution is 5.59. The van der Waals surface area contributed by atoms with Crippen LogP contribution in [0.4, 0.5) is 11.4 Å². The van der Waals surface area contributed by atoms with Crippen molar-refractivity contribution in [3.8, 4) is 0 Å². The van der Waals surface area contributed by atoms with E-state index in [1.54, 1.807) is 12.1 Å². The predicted molar refractivity (Wildman–Crippen MR) is 80.3 cm³/mol. The first-order valence-electron chi connectivity index (χ1n) is 7.02. The van der Waals surface area contributed by atoms with E-state index >= 15 is 0 Å². The molecule has 110 valence electrons. The Kier molecular flexibility index (Phi) is 3.99. The van der Waals surface area contributed by atoms with Gasteiger partial charge in [0.15, 0.2) is 0 Å². The van der Waals surface area contributed by atoms with Crippen LogP contribution in [0, 0.1) is 21.4 Å². The molecule has 0 aromatic heterocycles. The minimum Gasteiger partial charge on any atom is -0.393 e. The summed E-state index contributed by atoms with van der Waals surface area (Å²) in [5.74, 6) is 0.706. The van der Waals surface area contributed by atoms with Crippen molar-refractivity contribution in [3.63, 3.8) is 0 Å². The van der Waals surface area contributed by atoms with E-state index in [9.17, 15) is 10.1 Å². The lowest BCUT2D eigenvalue weighted by Gasteiger charge is -2.27. The third-order valence-corrected chi connectivity index (χ3v) is 4.19. The lowest BCUT2D eigenvalue weighted by atomic mass is 9.80. The molecule has 5 heteroatoms. The topological polar surface area (TPSA) is 72.4 Å². The van der Waals surface area contributed by atoms with Gasteiger partial charge in [-0.25, -0.2) is 0 Å². The highest BCUT2D eigenvalue weighted by atomic mass is 16.6. The van der Waals surface area contributed by atoms with Crippen LogP contribution in [0.15, 0.2) is 18.2 Å². The van der Waals surface area contributed by atoms with E-state index in [2.05, 4.69) is 25.7 Å². The van der Waals surface area contributed by atoms with Crippen molar-refractivity contribution in [1.82, 2.24) is 4.90 Å². The first-order valence-corrected chi connectivity index (χ1v) is 7.02. The number of nitro groups is 1. The van der Waals surface area contributed by atoms with E-state index in [0.717, 1.165) is 25.2 Å². The fourth-order valence-corrected chi connectivity index (χ4v) is 2.81. The molecular weight excluding hydrogens is 254 g/mol. The fraction of sp³-hybridized carbons (Fsp3) is 0.600. The van der Waals surface area contributed by atoms with Crippen LogP contribution in [0.5, 0.6) is 0 Å². The number of hydrogen-bond acceptors (Lipinski definition) is 4. The average Bonchev–Trinajstić information content (AvgIpc) is 2.76. The van der Waals surface area contributed by atoms with E-state index < -0.39 is 4.92 Å². The van der Waals surface area contributed by atoms with Crippen LogP contribution >= 0.6 is 0 Å². The molecule has 0 saturated carbocycles. The molecule has 1 unspecified atom stereocenters. The first kappa shape index (κ1) is 14.8. The third kappa shape index (κ3) is 3.28. The summed E-state index contributed by atoms with van der Waals surface area (Å²) >= 11 is 0. The smallest absolute Gasteiger partial charge is 0.292 e. The Morgan fingerprint density at radius 1 is 1.45 bits per heavy atom. The Labute approximate surface area is 119 Å². The van der Waals surface area contributed by atoms with Gasteiger partial charge in [-0.2, -0.15) is 0 Å². The van der Waals surface area contributed by atoms with Gasteiger partial charge >= 0.3 is 0 Å². The van der Waals surface area contributed by atoms with Gasteiger partial charge < -0.3 is 5.73 Å². The van der Waals surface area contributed by atoms with Gasteiger partial charge in [0.1, 0.15) is 5.69 Å². The van der Waals surface area contributed by atoms with Crippen molar-refractivity contribution in [1.29, 1.82) is 0 Å². The molecule has 0 radical (unpaired) electrons. The van der Waals surface area contributed by atoms with Gasteiger partial charge in [-0.1, -0.05) is 26.8 Å². The molecule has 1 atom stereocenters. The predicted octanol–water partition coefficient (Wildman–Crippen LogP) is 3.05. The standard InChI is InChI=1S/C15H23N3O2/c1-15(2,3)12-6-7-17(10-12)9-11-4-5-14(18(19)20)13(16)8-11/h4-5,8,12H,6-7,9-10,16H2,1-3H3. The van der Waals surface area contributed by atoms with E-state index in [1.807, 2.05) is 0 Å². The van der Waals surface area contributed by atoms with Gasteiger partial charge in [-0.3, -0.25) is 15.0 Å². The largest absolute Gasteiger partial charge is 0.393 e. The molecule has 1 aliphatic heterocycles. The third-order valence-electron chi connectivity index (χ3n) is 4.19. The fourth-order valence-electron chi connectivity index (χ4n) is 2.81. The van der Waals surface area contributed by atoms with Gasteiger partial charge in [0.05, 0.1) is 4.92 Å². The summed E-state index contributed by atoms with van der Waals surface area (Å²) in [6, 6.07) is 5.03. The molecule has 0 bridgehead atoms. The Hall–Kier alpha value is -1.62. The quantitative estimate of drug-likeness (QED) is 0.523. The molecule has 20 heavy (non-hydrogen) atoms. The summed E-state index contributed by atoms with van der Waals surface area (Å²) in [4.78, 5) is 12.7. The number of benzene rings is 1. The van der Waals surface area contributed by atoms with Crippen LogP contribution in [0.3, 0.4) is 0 Å². The Morgan fingerprint density at radius 2 is 2.15 bits per heavy atom. The summed E-state index contributed by atoms with van der Waals surface area (Å²) in [5.41, 5.74) is 7.35. The number of nitrogen functional groups attached to an aromatic ring is 1. The molecule has 2 rings (SSSR count). The monoisotopic (exact) mass is 277 g/mol. The zero-order chi connectivity index (χ0) is 14.9. The van der Waals surface area contributed by atoms with E-state index in [1.165, 1.54) is 12.5 Å². The normalized spacial score (nSPS) is 20.2. The number of anilines is 1. The van der Waals surface area contributed by atoms with Gasteiger partial charge in [-0.05, 0) is 35.9 Å². The summed E-state index contributed by atoms with van der Waals surface area (Å²) < 4.78 is 0. The molecule has 1 aliphatic rings. The maximum Gasteiger partial charge on any atom is 0.292 e. The minimum atomic E-state index is -0.440. The lowest BCUT2D eigenvalue weighted by Crippen LogP contribution is -2.25. The lowest BCUT2D eigenvalue weighted by molar-refractivity contribution is -0.383. The second-order valence-electron chi connectivity index (χ2n) is 6.74. The van der Waals surface area contributed by atoms with Crippen LogP contribution in [-0.4, -0.2) is 22.9 Å². The number of nitrogens with two attached hydrogens (primary N) is 1. The van der Waals surface area contributed by atoms with E-state index in [4.69, 9.17) is 5.73 Å². The van der Waals surface area contributed by atoms with Gasteiger partial charge in [0.25, 0.3) is 5.69 Å². The highest BCUT2D eigenvalue weighted by Gasteiger charge is 2.31. The zero-order valence-corrected chi connectivity index (χ0v) is 12.4. The van der Waals surface area contributed by atoms with Gasteiger partial charge in [0, 0.05) is 19.2 Å². The summed E-state index contributed by atoms with van der Waals surface area (Å²) in [6.45, 7) is 9.83. The Bertz CT molecular complexity index is 508. The summed E-state index contributed by atoms with van der Waals surface area (Å²) in [7, 11) is 0. The molecule has 1 saturated heterocycles. The molecule has 1 fully saturated rings. The van der Waals surface area contributed by atoms with Gasteiger partial charge in [0.2, 0.25) is 0 Å². The molecule has 0 spiro atoms. The molecule has 0 aliphatic carbocycles. The SMILES string of the molecule is CC(C)(C)C1CCN(Cc2ccc([N+](=O)[O-])c(N)c2)C1. The van der Waals surface area contributed by atoms with Crippen LogP contribution in [-0.2, 0) is 6.54 Å². The van der Waals surface area contributed by atoms with E-state index in [0.29, 0.717) is 11.3 Å². The number of nitro benzene ring substituents is 1. The number of likely N-dealkylation sites (tertiary alicyclic amines) is 1. The van der Waals surface area contributed by atoms with Crippen molar-refractivity contribution in [2.45, 2.75) is 33.7 Å². The van der Waals surface area contributed by atoms with Crippen molar-refractivity contribution < 1.29 is 4.92 Å². The van der Waals surface area contributed by atoms with Crippen LogP contribution in [0.2, 0.25) is 0 Å². The number of rotatable bonds is 3. The molecule has 5 nitrogen and oxygen atoms in total. The summed E-state index contributed by atoms with van der Waals surface area (Å²) in [6.07, 6.45) is 1.21. The molecule has 1 aromatic rings. The van der Waals surface area contributed by atoms with Crippen molar-refractivity contribution >= 4 is 11.4 Å². The molecule has 1 heterocycles. The number of hydrogen-bond donors (Lipinski definition) is 1. The highest BCUT2D eigenvalue weighted by Crippen LogP contribution is 2.34. The van der Waals surface area contributed by atoms with Crippen LogP contribution < -0.4 is 5.73 Å². The van der Waals surface area contributed by atoms with Crippen molar-refractivity contribution in [3.05, 3.63) is 33.9 Å². The van der Waals surface area contributed by atoms with Crippen molar-refractivity contribution in [2.75, 3.05) is 18.8 Å². The van der Waals surface area contributed by atoms with Crippen LogP contribution in [0.25, 0.3) is 0 Å². The molecular formula is C15H23N3O2.